The average Bonchev–Trinajstić information content (AvgIpc) is 3.18. The fourth-order valence-corrected chi connectivity index (χ4v) is 4.26. The lowest BCUT2D eigenvalue weighted by Crippen LogP contribution is -2.40. The van der Waals surface area contributed by atoms with Gasteiger partial charge in [0.25, 0.3) is 5.24 Å². The van der Waals surface area contributed by atoms with E-state index in [4.69, 9.17) is 32.7 Å². The smallest absolute Gasteiger partial charge is 0.279 e. The lowest BCUT2D eigenvalue weighted by molar-refractivity contribution is -0.121. The van der Waals surface area contributed by atoms with Crippen LogP contribution in [0.3, 0.4) is 0 Å². The van der Waals surface area contributed by atoms with Gasteiger partial charge in [-0.25, -0.2) is 0 Å². The number of hydrogen-bond acceptors (Lipinski definition) is 9. The Morgan fingerprint density at radius 2 is 1.97 bits per heavy atom. The summed E-state index contributed by atoms with van der Waals surface area (Å²) in [6.45, 7) is 3.10. The first-order chi connectivity index (χ1) is 14.9. The number of halogens is 2. The number of carbonyl (C=O) groups is 2. The highest BCUT2D eigenvalue weighted by Gasteiger charge is 2.21. The highest BCUT2D eigenvalue weighted by atomic mass is 35.5. The van der Waals surface area contributed by atoms with E-state index < -0.39 is 6.04 Å². The predicted octanol–water partition coefficient (Wildman–Crippen LogP) is 3.58. The van der Waals surface area contributed by atoms with Crippen LogP contribution in [0.4, 0.5) is 4.79 Å². The van der Waals surface area contributed by atoms with Crippen LogP contribution in [-0.4, -0.2) is 70.0 Å². The summed E-state index contributed by atoms with van der Waals surface area (Å²) in [6, 6.07) is 4.52. The molecule has 0 spiro atoms. The Kier molecular flexibility index (Phi) is 11.6. The number of methoxy groups -OCH3 is 1. The molecule has 1 aromatic carbocycles. The fraction of sp³-hybridized carbons (Fsp3) is 0.500. The summed E-state index contributed by atoms with van der Waals surface area (Å²) in [6.07, 6.45) is 0.445. The Morgan fingerprint density at radius 3 is 2.65 bits per heavy atom. The van der Waals surface area contributed by atoms with Gasteiger partial charge in [-0.3, -0.25) is 9.59 Å². The normalized spacial score (nSPS) is 12.0. The maximum Gasteiger partial charge on any atom is 0.279 e. The van der Waals surface area contributed by atoms with Crippen molar-refractivity contribution in [3.63, 3.8) is 0 Å². The van der Waals surface area contributed by atoms with Crippen molar-refractivity contribution in [1.29, 1.82) is 0 Å². The molecule has 0 saturated heterocycles. The third kappa shape index (κ3) is 8.95. The van der Waals surface area contributed by atoms with Gasteiger partial charge < -0.3 is 14.8 Å². The van der Waals surface area contributed by atoms with Crippen molar-refractivity contribution in [2.75, 3.05) is 32.7 Å². The molecule has 170 valence electrons. The van der Waals surface area contributed by atoms with Gasteiger partial charge in [-0.15, -0.1) is 10.2 Å². The van der Waals surface area contributed by atoms with Crippen LogP contribution in [-0.2, 0) is 20.8 Å². The Hall–Kier alpha value is -1.37. The zero-order chi connectivity index (χ0) is 22.6. The summed E-state index contributed by atoms with van der Waals surface area (Å²) >= 11 is 14.5. The second-order valence-corrected chi connectivity index (χ2v) is 8.93. The van der Waals surface area contributed by atoms with Gasteiger partial charge in [-0.05, 0) is 35.5 Å². The lowest BCUT2D eigenvalue weighted by atomic mass is 10.1. The quantitative estimate of drug-likeness (QED) is 0.406. The molecule has 1 unspecified atom stereocenters. The van der Waals surface area contributed by atoms with Gasteiger partial charge >= 0.3 is 0 Å². The van der Waals surface area contributed by atoms with Gasteiger partial charge in [0.1, 0.15) is 6.54 Å². The average molecular weight is 508 g/mol. The second kappa shape index (κ2) is 13.9. The van der Waals surface area contributed by atoms with Crippen LogP contribution in [0.5, 0.6) is 0 Å². The van der Waals surface area contributed by atoms with E-state index in [1.807, 2.05) is 6.92 Å². The van der Waals surface area contributed by atoms with Crippen LogP contribution in [0.25, 0.3) is 0 Å². The number of ether oxygens (including phenoxy) is 2. The van der Waals surface area contributed by atoms with Crippen molar-refractivity contribution < 1.29 is 19.1 Å². The molecule has 1 atom stereocenters. The number of amides is 1. The van der Waals surface area contributed by atoms with E-state index in [9.17, 15) is 9.59 Å². The van der Waals surface area contributed by atoms with Crippen molar-refractivity contribution in [2.24, 2.45) is 0 Å². The third-order valence-electron chi connectivity index (χ3n) is 3.83. The Labute approximate surface area is 198 Å². The third-order valence-corrected chi connectivity index (χ3v) is 6.42. The van der Waals surface area contributed by atoms with Crippen molar-refractivity contribution in [3.05, 3.63) is 28.2 Å². The van der Waals surface area contributed by atoms with Crippen LogP contribution in [0, 0.1) is 0 Å². The monoisotopic (exact) mass is 507 g/mol. The van der Waals surface area contributed by atoms with E-state index >= 15 is 0 Å². The van der Waals surface area contributed by atoms with Crippen molar-refractivity contribution in [3.8, 4) is 0 Å². The highest BCUT2D eigenvalue weighted by molar-refractivity contribution is 8.13. The number of ketones is 1. The van der Waals surface area contributed by atoms with Crippen LogP contribution < -0.4 is 5.32 Å². The molecule has 0 aliphatic rings. The molecule has 0 saturated carbocycles. The Morgan fingerprint density at radius 1 is 1.23 bits per heavy atom. The molecule has 0 aliphatic heterocycles. The molecule has 0 bridgehead atoms. The molecule has 13 heteroatoms. The summed E-state index contributed by atoms with van der Waals surface area (Å²) in [4.78, 5) is 26.4. The van der Waals surface area contributed by atoms with Gasteiger partial charge in [0, 0.05) is 12.9 Å². The van der Waals surface area contributed by atoms with Crippen molar-refractivity contribution in [2.45, 2.75) is 36.0 Å². The van der Waals surface area contributed by atoms with Crippen molar-refractivity contribution in [1.82, 2.24) is 25.5 Å². The second-order valence-electron chi connectivity index (χ2n) is 6.07. The largest absolute Gasteiger partial charge is 0.382 e. The number of nitrogens with zero attached hydrogens (tertiary/aromatic N) is 4. The number of tetrazole rings is 1. The molecular formula is C18H23Cl2N5O4S2. The van der Waals surface area contributed by atoms with Gasteiger partial charge in [-0.1, -0.05) is 48.0 Å². The summed E-state index contributed by atoms with van der Waals surface area (Å²) < 4.78 is 10.2. The molecule has 0 radical (unpaired) electrons. The maximum atomic E-state index is 12.6. The summed E-state index contributed by atoms with van der Waals surface area (Å²) in [5.74, 6) is 0.258. The number of carbonyl (C=O) groups excluding carboxylic acids is 2. The standard InChI is InChI=1S/C18H23Cl2N5O4S2/c1-3-14(21-18(27)30-10-9-29-8-7-28-2)15(26)11-25-23-17(22-24-25)31-16-12(19)5-4-6-13(16)20/h4-6,14H,3,7-11H2,1-2H3,(H,21,27). The zero-order valence-corrected chi connectivity index (χ0v) is 20.2. The summed E-state index contributed by atoms with van der Waals surface area (Å²) in [5.41, 5.74) is 0. The van der Waals surface area contributed by atoms with E-state index in [1.165, 1.54) is 4.80 Å². The molecule has 31 heavy (non-hydrogen) atoms. The molecule has 9 nitrogen and oxygen atoms in total. The maximum absolute atomic E-state index is 12.6. The number of hydrogen-bond donors (Lipinski definition) is 1. The number of thioether (sulfide) groups is 1. The first-order valence-corrected chi connectivity index (χ1v) is 11.9. The first kappa shape index (κ1) is 25.9. The lowest BCUT2D eigenvalue weighted by Gasteiger charge is -2.15. The number of Topliss-reactive ketones (excluding diaryl/α,β-unsaturated/α-hetero) is 1. The van der Waals surface area contributed by atoms with E-state index in [2.05, 4.69) is 20.7 Å². The molecule has 0 aliphatic carbocycles. The minimum Gasteiger partial charge on any atom is -0.382 e. The number of rotatable bonds is 13. The summed E-state index contributed by atoms with van der Waals surface area (Å²) in [5, 5.41) is 15.7. The first-order valence-electron chi connectivity index (χ1n) is 9.37. The van der Waals surface area contributed by atoms with Crippen LogP contribution in [0.1, 0.15) is 13.3 Å². The topological polar surface area (TPSA) is 108 Å². The van der Waals surface area contributed by atoms with Crippen LogP contribution >= 0.6 is 46.7 Å². The van der Waals surface area contributed by atoms with Crippen molar-refractivity contribution >= 4 is 57.7 Å². The molecule has 0 fully saturated rings. The molecule has 1 heterocycles. The molecule has 1 amide bonds. The van der Waals surface area contributed by atoms with Gasteiger partial charge in [0.05, 0.1) is 40.8 Å². The Bertz CT molecular complexity index is 851. The Balaban J connectivity index is 1.82. The fourth-order valence-electron chi connectivity index (χ4n) is 2.29. The zero-order valence-electron chi connectivity index (χ0n) is 17.0. The van der Waals surface area contributed by atoms with E-state index in [0.717, 1.165) is 23.5 Å². The van der Waals surface area contributed by atoms with E-state index in [-0.39, 0.29) is 17.6 Å². The molecular weight excluding hydrogens is 485 g/mol. The number of aromatic nitrogens is 4. The summed E-state index contributed by atoms with van der Waals surface area (Å²) in [7, 11) is 1.59. The molecule has 1 aromatic heterocycles. The minimum atomic E-state index is -0.644. The van der Waals surface area contributed by atoms with E-state index in [1.54, 1.807) is 25.3 Å². The van der Waals surface area contributed by atoms with E-state index in [0.29, 0.717) is 52.1 Å². The number of nitrogens with one attached hydrogen (secondary N) is 1. The van der Waals surface area contributed by atoms with Gasteiger partial charge in [-0.2, -0.15) is 4.80 Å². The van der Waals surface area contributed by atoms with Crippen LogP contribution in [0.15, 0.2) is 28.3 Å². The molecule has 2 aromatic rings. The van der Waals surface area contributed by atoms with Crippen LogP contribution in [0.2, 0.25) is 10.0 Å². The van der Waals surface area contributed by atoms with Gasteiger partial charge in [0.2, 0.25) is 5.16 Å². The highest BCUT2D eigenvalue weighted by Crippen LogP contribution is 2.36. The van der Waals surface area contributed by atoms with Gasteiger partial charge in [0.15, 0.2) is 5.78 Å². The SMILES string of the molecule is CCC(NC(=O)SCCOCCOC)C(=O)Cn1nnc(Sc2c(Cl)cccc2Cl)n1. The predicted molar refractivity (Wildman–Crippen MR) is 121 cm³/mol. The minimum absolute atomic E-state index is 0.118. The number of benzene rings is 1. The molecule has 2 rings (SSSR count). The molecule has 1 N–H and O–H groups in total.